The topological polar surface area (TPSA) is 191 Å². The van der Waals surface area contributed by atoms with Crippen molar-refractivity contribution in [2.75, 3.05) is 32.9 Å². The van der Waals surface area contributed by atoms with Gasteiger partial charge in [0.15, 0.2) is 12.6 Å². The van der Waals surface area contributed by atoms with E-state index in [2.05, 4.69) is 5.32 Å². The second-order valence-corrected chi connectivity index (χ2v) is 9.72. The van der Waals surface area contributed by atoms with Crippen LogP contribution in [0.3, 0.4) is 0 Å². The molecule has 2 fully saturated rings. The molecule has 10 atom stereocenters. The monoisotopic (exact) mass is 524 g/mol. The lowest BCUT2D eigenvalue weighted by atomic mass is 9.92. The van der Waals surface area contributed by atoms with Gasteiger partial charge >= 0.3 is 0 Å². The van der Waals surface area contributed by atoms with Gasteiger partial charge in [-0.3, -0.25) is 4.79 Å². The summed E-state index contributed by atoms with van der Waals surface area (Å²) < 4.78 is 34.1. The first-order chi connectivity index (χ1) is 17.0. The van der Waals surface area contributed by atoms with Gasteiger partial charge in [-0.15, -0.1) is 0 Å². The minimum atomic E-state index is -1.48. The van der Waals surface area contributed by atoms with Gasteiger partial charge in [0.1, 0.15) is 43.2 Å². The van der Waals surface area contributed by atoms with Gasteiger partial charge in [-0.25, -0.2) is 0 Å². The number of ether oxygens (including phenoxy) is 6. The zero-order valence-electron chi connectivity index (χ0n) is 21.7. The lowest BCUT2D eigenvalue weighted by Gasteiger charge is -2.44. The molecule has 1 amide bonds. The summed E-state index contributed by atoms with van der Waals surface area (Å²) in [4.78, 5) is 11.9. The summed E-state index contributed by atoms with van der Waals surface area (Å²) >= 11 is 0. The average molecular weight is 525 g/mol. The SMILES string of the molecule is CC(C)OC[C@H]1O[C@H](OC[C@H]2O[C@H](OC(C)C)[C@H](C)[C@@H](O)[C@@H]2O)[C@H](O)[C@@H](OCC(=O)NCCN)[C@@H]1O. The van der Waals surface area contributed by atoms with Gasteiger partial charge in [-0.1, -0.05) is 6.92 Å². The number of hydrogen-bond donors (Lipinski definition) is 6. The van der Waals surface area contributed by atoms with Crippen LogP contribution in [0.25, 0.3) is 0 Å². The van der Waals surface area contributed by atoms with E-state index < -0.39 is 73.7 Å². The Labute approximate surface area is 212 Å². The molecule has 0 aliphatic carbocycles. The molecule has 2 aliphatic heterocycles. The summed E-state index contributed by atoms with van der Waals surface area (Å²) in [6.45, 7) is 8.80. The standard InChI is InChI=1S/C23H44N2O11/c1-11(2)31-8-15-19(29)21(32-10-16(26)25-7-6-24)20(30)23(36-15)33-9-14-18(28)17(27)13(5)22(35-14)34-12(3)4/h11-15,17-23,27-30H,6-10,24H2,1-5H3,(H,25,26)/t13-,14-,15-,17-,18-,19-,20-,21+,22+,23+/m1/s1. The summed E-state index contributed by atoms with van der Waals surface area (Å²) in [7, 11) is 0. The van der Waals surface area contributed by atoms with Gasteiger partial charge in [-0.2, -0.15) is 0 Å². The van der Waals surface area contributed by atoms with Gasteiger partial charge in [0.2, 0.25) is 5.91 Å². The van der Waals surface area contributed by atoms with Crippen molar-refractivity contribution in [1.82, 2.24) is 5.32 Å². The van der Waals surface area contributed by atoms with Crippen molar-refractivity contribution in [3.8, 4) is 0 Å². The normalized spacial score (nSPS) is 37.4. The Kier molecular flexibility index (Phi) is 12.9. The van der Waals surface area contributed by atoms with E-state index in [1.165, 1.54) is 0 Å². The van der Waals surface area contributed by atoms with Crippen molar-refractivity contribution < 1.29 is 53.6 Å². The number of nitrogens with one attached hydrogen (secondary N) is 1. The molecule has 0 aromatic rings. The lowest BCUT2D eigenvalue weighted by Crippen LogP contribution is -2.62. The third kappa shape index (κ3) is 8.81. The van der Waals surface area contributed by atoms with Crippen LogP contribution >= 0.6 is 0 Å². The smallest absolute Gasteiger partial charge is 0.246 e. The number of aliphatic hydroxyl groups is 4. The zero-order chi connectivity index (χ0) is 27.0. The minimum absolute atomic E-state index is 0.0201. The Balaban J connectivity index is 2.07. The molecule has 0 saturated carbocycles. The van der Waals surface area contributed by atoms with Gasteiger partial charge in [0, 0.05) is 19.0 Å². The number of amides is 1. The summed E-state index contributed by atoms with van der Waals surface area (Å²) in [5, 5.41) is 45.1. The van der Waals surface area contributed by atoms with E-state index >= 15 is 0 Å². The van der Waals surface area contributed by atoms with Crippen molar-refractivity contribution in [2.24, 2.45) is 11.7 Å². The molecule has 2 rings (SSSR count). The highest BCUT2D eigenvalue weighted by Gasteiger charge is 2.48. The first-order valence-electron chi connectivity index (χ1n) is 12.5. The third-order valence-corrected chi connectivity index (χ3v) is 5.95. The van der Waals surface area contributed by atoms with Crippen LogP contribution in [0.2, 0.25) is 0 Å². The van der Waals surface area contributed by atoms with Crippen LogP contribution in [-0.4, -0.2) is 127 Å². The van der Waals surface area contributed by atoms with Crippen LogP contribution in [0, 0.1) is 5.92 Å². The van der Waals surface area contributed by atoms with E-state index in [9.17, 15) is 25.2 Å². The van der Waals surface area contributed by atoms with Gasteiger partial charge in [-0.05, 0) is 27.7 Å². The highest BCUT2D eigenvalue weighted by molar-refractivity contribution is 5.77. The van der Waals surface area contributed by atoms with E-state index in [1.54, 1.807) is 6.92 Å². The molecule has 2 heterocycles. The van der Waals surface area contributed by atoms with Crippen molar-refractivity contribution in [3.63, 3.8) is 0 Å². The lowest BCUT2D eigenvalue weighted by molar-refractivity contribution is -0.331. The minimum Gasteiger partial charge on any atom is -0.390 e. The maximum Gasteiger partial charge on any atom is 0.246 e. The number of aliphatic hydroxyl groups excluding tert-OH is 4. The quantitative estimate of drug-likeness (QED) is 0.153. The van der Waals surface area contributed by atoms with E-state index in [1.807, 2.05) is 27.7 Å². The Bertz CT molecular complexity index is 656. The fourth-order valence-corrected chi connectivity index (χ4v) is 3.92. The predicted octanol–water partition coefficient (Wildman–Crippen LogP) is -2.16. The summed E-state index contributed by atoms with van der Waals surface area (Å²) in [5.74, 6) is -0.942. The molecule has 0 spiro atoms. The van der Waals surface area contributed by atoms with Crippen molar-refractivity contribution in [3.05, 3.63) is 0 Å². The molecule has 0 aromatic heterocycles. The van der Waals surface area contributed by atoms with Crippen LogP contribution in [0.1, 0.15) is 34.6 Å². The Morgan fingerprint density at radius 2 is 1.53 bits per heavy atom. The number of rotatable bonds is 13. The van der Waals surface area contributed by atoms with Crippen LogP contribution < -0.4 is 11.1 Å². The van der Waals surface area contributed by atoms with Crippen LogP contribution in [0.5, 0.6) is 0 Å². The fourth-order valence-electron chi connectivity index (χ4n) is 3.92. The van der Waals surface area contributed by atoms with Crippen molar-refractivity contribution in [1.29, 1.82) is 0 Å². The molecule has 0 aromatic carbocycles. The van der Waals surface area contributed by atoms with E-state index in [0.29, 0.717) is 0 Å². The summed E-state index contributed by atoms with van der Waals surface area (Å²) in [5.41, 5.74) is 5.37. The van der Waals surface area contributed by atoms with Crippen LogP contribution in [0.4, 0.5) is 0 Å². The number of hydrogen-bond acceptors (Lipinski definition) is 12. The molecular formula is C23H44N2O11. The molecule has 13 nitrogen and oxygen atoms in total. The van der Waals surface area contributed by atoms with E-state index in [0.717, 1.165) is 0 Å². The van der Waals surface area contributed by atoms with Gasteiger partial charge < -0.3 is 59.9 Å². The Morgan fingerprint density at radius 3 is 2.14 bits per heavy atom. The summed E-state index contributed by atoms with van der Waals surface area (Å²) in [6.07, 6.45) is -10.7. The first-order valence-corrected chi connectivity index (χ1v) is 12.5. The molecule has 13 heteroatoms. The first kappa shape index (κ1) is 31.2. The van der Waals surface area contributed by atoms with Crippen molar-refractivity contribution >= 4 is 5.91 Å². The second-order valence-electron chi connectivity index (χ2n) is 9.72. The number of nitrogens with two attached hydrogens (primary N) is 1. The molecule has 0 radical (unpaired) electrons. The number of carbonyl (C=O) groups is 1. The predicted molar refractivity (Wildman–Crippen MR) is 126 cm³/mol. The van der Waals surface area contributed by atoms with Gasteiger partial charge in [0.05, 0.1) is 31.5 Å². The molecule has 36 heavy (non-hydrogen) atoms. The molecule has 7 N–H and O–H groups in total. The van der Waals surface area contributed by atoms with Crippen molar-refractivity contribution in [2.45, 2.75) is 102 Å². The molecular weight excluding hydrogens is 480 g/mol. The Morgan fingerprint density at radius 1 is 0.889 bits per heavy atom. The maximum atomic E-state index is 11.9. The fraction of sp³-hybridized carbons (Fsp3) is 0.957. The van der Waals surface area contributed by atoms with Crippen LogP contribution in [-0.2, 0) is 33.2 Å². The molecule has 0 bridgehead atoms. The van der Waals surface area contributed by atoms with E-state index in [-0.39, 0.29) is 38.5 Å². The third-order valence-electron chi connectivity index (χ3n) is 5.95. The zero-order valence-corrected chi connectivity index (χ0v) is 21.7. The largest absolute Gasteiger partial charge is 0.390 e. The van der Waals surface area contributed by atoms with Crippen LogP contribution in [0.15, 0.2) is 0 Å². The maximum absolute atomic E-state index is 11.9. The highest BCUT2D eigenvalue weighted by Crippen LogP contribution is 2.30. The number of carbonyl (C=O) groups excluding carboxylic acids is 1. The molecule has 2 aliphatic rings. The summed E-state index contributed by atoms with van der Waals surface area (Å²) in [6, 6.07) is 0. The highest BCUT2D eigenvalue weighted by atomic mass is 16.7. The molecule has 212 valence electrons. The van der Waals surface area contributed by atoms with Gasteiger partial charge in [0.25, 0.3) is 0 Å². The Hall–Kier alpha value is -0.970. The second kappa shape index (κ2) is 14.8. The molecule has 2 saturated heterocycles. The van der Waals surface area contributed by atoms with E-state index in [4.69, 9.17) is 34.2 Å². The molecule has 0 unspecified atom stereocenters. The average Bonchev–Trinajstić information content (AvgIpc) is 2.82.